The summed E-state index contributed by atoms with van der Waals surface area (Å²) in [6.07, 6.45) is 3.03. The highest BCUT2D eigenvalue weighted by Gasteiger charge is 2.11. The molecule has 4 N–H and O–H groups in total. The maximum Gasteiger partial charge on any atom is 0.241 e. The monoisotopic (exact) mass is 283 g/mol. The van der Waals surface area contributed by atoms with Gasteiger partial charge in [0.25, 0.3) is 0 Å². The summed E-state index contributed by atoms with van der Waals surface area (Å²) in [5, 5.41) is 2.63. The first kappa shape index (κ1) is 15.2. The zero-order valence-corrected chi connectivity index (χ0v) is 11.4. The van der Waals surface area contributed by atoms with Gasteiger partial charge >= 0.3 is 0 Å². The molecule has 1 atom stereocenters. The Morgan fingerprint density at radius 2 is 1.89 bits per heavy atom. The van der Waals surface area contributed by atoms with E-state index in [1.165, 1.54) is 0 Å². The normalized spacial score (nSPS) is 12.5. The summed E-state index contributed by atoms with van der Waals surface area (Å²) in [5.41, 5.74) is 6.59. The number of anilines is 2. The highest BCUT2D eigenvalue weighted by atomic mass is 32.2. The summed E-state index contributed by atoms with van der Waals surface area (Å²) in [6, 6.07) is 5.63. The minimum atomic E-state index is -3.30. The van der Waals surface area contributed by atoms with Gasteiger partial charge in [0.1, 0.15) is 0 Å². The lowest BCUT2D eigenvalue weighted by Crippen LogP contribution is -2.35. The molecule has 0 aliphatic heterocycles. The molecule has 0 fully saturated rings. The number of hydrogen-bond acceptors (Lipinski definition) is 4. The second-order valence-corrected chi connectivity index (χ2v) is 5.82. The van der Waals surface area contributed by atoms with E-state index in [1.54, 1.807) is 30.3 Å². The highest BCUT2D eigenvalue weighted by molar-refractivity contribution is 7.92. The van der Waals surface area contributed by atoms with Gasteiger partial charge in [-0.25, -0.2) is 8.42 Å². The van der Waals surface area contributed by atoms with Gasteiger partial charge in [0, 0.05) is 11.4 Å². The predicted octanol–water partition coefficient (Wildman–Crippen LogP) is 0.900. The average Bonchev–Trinajstić information content (AvgIpc) is 2.30. The third-order valence-electron chi connectivity index (χ3n) is 2.21. The number of carbonyl (C=O) groups is 1. The van der Waals surface area contributed by atoms with Gasteiger partial charge in [-0.2, -0.15) is 0 Å². The van der Waals surface area contributed by atoms with Crippen molar-refractivity contribution >= 4 is 27.3 Å². The minimum absolute atomic E-state index is 0.316. The van der Waals surface area contributed by atoms with E-state index < -0.39 is 16.1 Å². The Bertz CT molecular complexity index is 552. The van der Waals surface area contributed by atoms with Crippen LogP contribution >= 0.6 is 0 Å². The first-order chi connectivity index (χ1) is 8.81. The first-order valence-corrected chi connectivity index (χ1v) is 7.46. The van der Waals surface area contributed by atoms with E-state index in [2.05, 4.69) is 16.6 Å². The van der Waals surface area contributed by atoms with Gasteiger partial charge in [-0.3, -0.25) is 9.52 Å². The third-order valence-corrected chi connectivity index (χ3v) is 2.82. The van der Waals surface area contributed by atoms with Crippen LogP contribution in [-0.2, 0) is 14.8 Å². The summed E-state index contributed by atoms with van der Waals surface area (Å²) in [6.45, 7) is 3.51. The Balaban J connectivity index is 2.67. The van der Waals surface area contributed by atoms with Crippen molar-refractivity contribution in [3.8, 4) is 0 Å². The van der Waals surface area contributed by atoms with Crippen LogP contribution in [0.1, 0.15) is 6.42 Å². The zero-order valence-electron chi connectivity index (χ0n) is 10.6. The van der Waals surface area contributed by atoms with Crippen LogP contribution in [0.25, 0.3) is 0 Å². The number of rotatable bonds is 6. The number of carbonyl (C=O) groups excluding carboxylic acids is 1. The van der Waals surface area contributed by atoms with Crippen molar-refractivity contribution in [2.45, 2.75) is 12.5 Å². The second-order valence-electron chi connectivity index (χ2n) is 4.07. The number of sulfonamides is 1. The summed E-state index contributed by atoms with van der Waals surface area (Å²) < 4.78 is 24.4. The van der Waals surface area contributed by atoms with E-state index in [9.17, 15) is 13.2 Å². The van der Waals surface area contributed by atoms with Crippen LogP contribution in [0.4, 0.5) is 11.4 Å². The molecule has 1 rings (SSSR count). The third kappa shape index (κ3) is 5.54. The number of nitrogens with two attached hydrogens (primary N) is 1. The Morgan fingerprint density at radius 1 is 1.37 bits per heavy atom. The van der Waals surface area contributed by atoms with Gasteiger partial charge in [0.2, 0.25) is 15.9 Å². The number of benzene rings is 1. The van der Waals surface area contributed by atoms with Gasteiger partial charge in [0.15, 0.2) is 0 Å². The van der Waals surface area contributed by atoms with Crippen molar-refractivity contribution in [1.29, 1.82) is 0 Å². The lowest BCUT2D eigenvalue weighted by Gasteiger charge is -2.11. The van der Waals surface area contributed by atoms with Gasteiger partial charge in [-0.15, -0.1) is 6.58 Å². The number of nitrogens with one attached hydrogen (secondary N) is 2. The molecule has 7 heteroatoms. The fourth-order valence-electron chi connectivity index (χ4n) is 1.36. The van der Waals surface area contributed by atoms with Gasteiger partial charge < -0.3 is 11.1 Å². The minimum Gasteiger partial charge on any atom is -0.325 e. The van der Waals surface area contributed by atoms with Crippen LogP contribution in [0, 0.1) is 0 Å². The van der Waals surface area contributed by atoms with E-state index in [-0.39, 0.29) is 5.91 Å². The molecule has 6 nitrogen and oxygen atoms in total. The topological polar surface area (TPSA) is 101 Å². The van der Waals surface area contributed by atoms with Crippen molar-refractivity contribution in [3.05, 3.63) is 36.9 Å². The fourth-order valence-corrected chi connectivity index (χ4v) is 1.92. The Morgan fingerprint density at radius 3 is 2.37 bits per heavy atom. The van der Waals surface area contributed by atoms with Gasteiger partial charge in [-0.05, 0) is 30.7 Å². The molecule has 0 aliphatic rings. The van der Waals surface area contributed by atoms with E-state index in [1.807, 2.05) is 0 Å². The quantitative estimate of drug-likeness (QED) is 0.675. The number of hydrogen-bond donors (Lipinski definition) is 3. The number of amides is 1. The Labute approximate surface area is 112 Å². The molecule has 0 spiro atoms. The van der Waals surface area contributed by atoms with Crippen LogP contribution in [0.5, 0.6) is 0 Å². The van der Waals surface area contributed by atoms with Gasteiger partial charge in [-0.1, -0.05) is 6.08 Å². The SMILES string of the molecule is C=CCC(N)C(=O)Nc1ccc(NS(C)(=O)=O)cc1. The summed E-state index contributed by atoms with van der Waals surface area (Å²) in [7, 11) is -3.30. The van der Waals surface area contributed by atoms with E-state index in [4.69, 9.17) is 5.73 Å². The van der Waals surface area contributed by atoms with E-state index in [0.29, 0.717) is 17.8 Å². The van der Waals surface area contributed by atoms with Crippen LogP contribution < -0.4 is 15.8 Å². The second kappa shape index (κ2) is 6.35. The van der Waals surface area contributed by atoms with Crippen LogP contribution in [0.15, 0.2) is 36.9 Å². The lowest BCUT2D eigenvalue weighted by molar-refractivity contribution is -0.117. The van der Waals surface area contributed by atoms with Crippen molar-refractivity contribution < 1.29 is 13.2 Å². The average molecular weight is 283 g/mol. The molecular formula is C12H17N3O3S. The summed E-state index contributed by atoms with van der Waals surface area (Å²) in [4.78, 5) is 11.6. The van der Waals surface area contributed by atoms with Crippen LogP contribution in [0.2, 0.25) is 0 Å². The lowest BCUT2D eigenvalue weighted by atomic mass is 10.2. The van der Waals surface area contributed by atoms with Crippen LogP contribution in [-0.4, -0.2) is 26.6 Å². The molecule has 1 amide bonds. The Kier molecular flexibility index (Phi) is 5.08. The van der Waals surface area contributed by atoms with Crippen molar-refractivity contribution in [2.24, 2.45) is 5.73 Å². The van der Waals surface area contributed by atoms with Crippen molar-refractivity contribution in [3.63, 3.8) is 0 Å². The van der Waals surface area contributed by atoms with Crippen molar-refractivity contribution in [2.75, 3.05) is 16.3 Å². The van der Waals surface area contributed by atoms with Crippen LogP contribution in [0.3, 0.4) is 0 Å². The molecule has 104 valence electrons. The molecule has 0 saturated heterocycles. The zero-order chi connectivity index (χ0) is 14.5. The largest absolute Gasteiger partial charge is 0.325 e. The highest BCUT2D eigenvalue weighted by Crippen LogP contribution is 2.14. The molecular weight excluding hydrogens is 266 g/mol. The molecule has 19 heavy (non-hydrogen) atoms. The summed E-state index contributed by atoms with van der Waals surface area (Å²) in [5.74, 6) is -0.316. The maximum atomic E-state index is 11.6. The standard InChI is InChI=1S/C12H17N3O3S/c1-3-4-11(13)12(16)14-9-5-7-10(8-6-9)15-19(2,17)18/h3,5-8,11,15H,1,4,13H2,2H3,(H,14,16). The predicted molar refractivity (Wildman–Crippen MR) is 76.3 cm³/mol. The molecule has 0 radical (unpaired) electrons. The first-order valence-electron chi connectivity index (χ1n) is 5.57. The Hall–Kier alpha value is -1.86. The van der Waals surface area contributed by atoms with E-state index >= 15 is 0 Å². The molecule has 0 heterocycles. The molecule has 0 bridgehead atoms. The molecule has 1 aromatic carbocycles. The molecule has 0 aliphatic carbocycles. The smallest absolute Gasteiger partial charge is 0.241 e. The molecule has 0 saturated carbocycles. The maximum absolute atomic E-state index is 11.6. The molecule has 1 aromatic rings. The molecule has 1 unspecified atom stereocenters. The fraction of sp³-hybridized carbons (Fsp3) is 0.250. The molecule has 0 aromatic heterocycles. The van der Waals surface area contributed by atoms with E-state index in [0.717, 1.165) is 6.26 Å². The van der Waals surface area contributed by atoms with Gasteiger partial charge in [0.05, 0.1) is 12.3 Å². The van der Waals surface area contributed by atoms with Crippen molar-refractivity contribution in [1.82, 2.24) is 0 Å². The summed E-state index contributed by atoms with van der Waals surface area (Å²) >= 11 is 0.